The molecule has 1 aliphatic carbocycles. The van der Waals surface area contributed by atoms with Crippen molar-refractivity contribution in [3.8, 4) is 17.1 Å². The lowest BCUT2D eigenvalue weighted by Gasteiger charge is -2.08. The summed E-state index contributed by atoms with van der Waals surface area (Å²) in [5.74, 6) is 1.71. The monoisotopic (exact) mass is 452 g/mol. The second kappa shape index (κ2) is 8.64. The molecule has 0 radical (unpaired) electrons. The summed E-state index contributed by atoms with van der Waals surface area (Å²) >= 11 is 2.82. The number of fused-ring (bicyclic) bond motifs is 1. The molecule has 0 spiro atoms. The quantitative estimate of drug-likeness (QED) is 0.396. The summed E-state index contributed by atoms with van der Waals surface area (Å²) in [6.07, 6.45) is 5.72. The minimum Gasteiger partial charge on any atom is -0.494 e. The Morgan fingerprint density at radius 1 is 1.32 bits per heavy atom. The summed E-state index contributed by atoms with van der Waals surface area (Å²) in [4.78, 5) is 21.2. The summed E-state index contributed by atoms with van der Waals surface area (Å²) in [6.45, 7) is 2.56. The lowest BCUT2D eigenvalue weighted by molar-refractivity contribution is -0.113. The van der Waals surface area contributed by atoms with Crippen LogP contribution in [-0.4, -0.2) is 43.0 Å². The lowest BCUT2D eigenvalue weighted by Crippen LogP contribution is -2.14. The minimum absolute atomic E-state index is 0.123. The van der Waals surface area contributed by atoms with Crippen LogP contribution in [0.4, 0.5) is 5.13 Å². The molecular weight excluding hydrogens is 432 g/mol. The van der Waals surface area contributed by atoms with Gasteiger partial charge in [0.1, 0.15) is 5.75 Å². The second-order valence-electron chi connectivity index (χ2n) is 7.07. The zero-order valence-corrected chi connectivity index (χ0v) is 18.4. The van der Waals surface area contributed by atoms with Crippen LogP contribution in [0.1, 0.15) is 25.8 Å². The Kier molecular flexibility index (Phi) is 5.56. The summed E-state index contributed by atoms with van der Waals surface area (Å²) in [5, 5.41) is 12.9. The van der Waals surface area contributed by atoms with E-state index < -0.39 is 0 Å². The predicted molar refractivity (Wildman–Crippen MR) is 122 cm³/mol. The highest BCUT2D eigenvalue weighted by Crippen LogP contribution is 2.41. The van der Waals surface area contributed by atoms with Crippen molar-refractivity contribution in [1.82, 2.24) is 24.7 Å². The molecule has 1 saturated carbocycles. The summed E-state index contributed by atoms with van der Waals surface area (Å²) < 4.78 is 8.63. The molecule has 1 fully saturated rings. The number of nitrogens with zero attached hydrogens (tertiary/aromatic N) is 5. The van der Waals surface area contributed by atoms with Crippen LogP contribution in [0.3, 0.4) is 0 Å². The number of anilines is 1. The van der Waals surface area contributed by atoms with E-state index in [4.69, 9.17) is 4.74 Å². The van der Waals surface area contributed by atoms with Crippen molar-refractivity contribution in [2.45, 2.75) is 31.0 Å². The van der Waals surface area contributed by atoms with Gasteiger partial charge >= 0.3 is 0 Å². The number of carbonyl (C=O) groups excluding carboxylic acids is 1. The van der Waals surface area contributed by atoms with Crippen molar-refractivity contribution >= 4 is 44.4 Å². The van der Waals surface area contributed by atoms with E-state index in [1.165, 1.54) is 23.1 Å². The smallest absolute Gasteiger partial charge is 0.236 e. The molecule has 3 aromatic heterocycles. The summed E-state index contributed by atoms with van der Waals surface area (Å²) in [5.41, 5.74) is 1.77. The summed E-state index contributed by atoms with van der Waals surface area (Å²) in [6, 6.07) is 9.98. The second-order valence-corrected chi connectivity index (χ2v) is 9.04. The zero-order chi connectivity index (χ0) is 21.2. The number of rotatable bonds is 8. The molecule has 1 aliphatic rings. The first-order valence-electron chi connectivity index (χ1n) is 10.0. The van der Waals surface area contributed by atoms with Crippen LogP contribution < -0.4 is 10.1 Å². The number of pyridine rings is 1. The van der Waals surface area contributed by atoms with Gasteiger partial charge in [-0.3, -0.25) is 14.3 Å². The van der Waals surface area contributed by atoms with Crippen LogP contribution in [0, 0.1) is 0 Å². The Hall–Kier alpha value is -2.98. The number of amides is 1. The van der Waals surface area contributed by atoms with E-state index in [2.05, 4.69) is 30.0 Å². The number of nitrogens with one attached hydrogen (secondary N) is 1. The molecule has 158 valence electrons. The van der Waals surface area contributed by atoms with Gasteiger partial charge in [0.15, 0.2) is 16.1 Å². The maximum atomic E-state index is 12.5. The fourth-order valence-electron chi connectivity index (χ4n) is 3.23. The molecular formula is C21H20N6O2S2. The third kappa shape index (κ3) is 4.40. The number of benzene rings is 1. The van der Waals surface area contributed by atoms with E-state index in [1.807, 2.05) is 37.3 Å². The van der Waals surface area contributed by atoms with Gasteiger partial charge in [0.05, 0.1) is 22.6 Å². The molecule has 8 nitrogen and oxygen atoms in total. The van der Waals surface area contributed by atoms with Crippen molar-refractivity contribution in [2.75, 3.05) is 17.7 Å². The topological polar surface area (TPSA) is 94.8 Å². The highest BCUT2D eigenvalue weighted by atomic mass is 32.2. The van der Waals surface area contributed by atoms with Gasteiger partial charge in [0.25, 0.3) is 0 Å². The van der Waals surface area contributed by atoms with Crippen LogP contribution in [-0.2, 0) is 4.79 Å². The number of carbonyl (C=O) groups is 1. The fourth-order valence-corrected chi connectivity index (χ4v) is 4.95. The van der Waals surface area contributed by atoms with Crippen molar-refractivity contribution in [1.29, 1.82) is 0 Å². The SMILES string of the molecule is CCOc1ccc2nc(NC(=O)CSc3nnc(-c4cccnc4)n3C3CC3)sc2c1. The van der Waals surface area contributed by atoms with Crippen LogP contribution in [0.25, 0.3) is 21.6 Å². The molecule has 1 aromatic carbocycles. The average Bonchev–Trinajstić information content (AvgIpc) is 3.40. The number of aromatic nitrogens is 5. The van der Waals surface area contributed by atoms with Crippen LogP contribution in [0.15, 0.2) is 47.9 Å². The molecule has 1 amide bonds. The molecule has 0 unspecified atom stereocenters. The van der Waals surface area contributed by atoms with Crippen molar-refractivity contribution < 1.29 is 9.53 Å². The molecule has 1 N–H and O–H groups in total. The van der Waals surface area contributed by atoms with Gasteiger partial charge in [0.2, 0.25) is 5.91 Å². The first kappa shape index (κ1) is 20.0. The van der Waals surface area contributed by atoms with Gasteiger partial charge in [-0.25, -0.2) is 4.98 Å². The largest absolute Gasteiger partial charge is 0.494 e. The Balaban J connectivity index is 1.27. The predicted octanol–water partition coefficient (Wildman–Crippen LogP) is 4.41. The normalized spacial score (nSPS) is 13.5. The molecule has 4 aromatic rings. The molecule has 0 bridgehead atoms. The van der Waals surface area contributed by atoms with Gasteiger partial charge in [-0.05, 0) is 50.1 Å². The maximum Gasteiger partial charge on any atom is 0.236 e. The Morgan fingerprint density at radius 3 is 3.00 bits per heavy atom. The molecule has 3 heterocycles. The van der Waals surface area contributed by atoms with Gasteiger partial charge in [-0.2, -0.15) is 0 Å². The van der Waals surface area contributed by atoms with Crippen LogP contribution in [0.2, 0.25) is 0 Å². The van der Waals surface area contributed by atoms with Gasteiger partial charge < -0.3 is 10.1 Å². The molecule has 0 atom stereocenters. The van der Waals surface area contributed by atoms with Gasteiger partial charge in [-0.15, -0.1) is 10.2 Å². The van der Waals surface area contributed by atoms with Crippen molar-refractivity contribution in [3.63, 3.8) is 0 Å². The van der Waals surface area contributed by atoms with Gasteiger partial charge in [-0.1, -0.05) is 23.1 Å². The third-order valence-corrected chi connectivity index (χ3v) is 6.62. The number of hydrogen-bond acceptors (Lipinski definition) is 8. The van der Waals surface area contributed by atoms with Gasteiger partial charge in [0, 0.05) is 24.0 Å². The number of thioether (sulfide) groups is 1. The zero-order valence-electron chi connectivity index (χ0n) is 16.8. The van der Waals surface area contributed by atoms with Crippen LogP contribution in [0.5, 0.6) is 5.75 Å². The van der Waals surface area contributed by atoms with E-state index in [0.29, 0.717) is 17.8 Å². The van der Waals surface area contributed by atoms with Crippen molar-refractivity contribution in [2.24, 2.45) is 0 Å². The molecule has 31 heavy (non-hydrogen) atoms. The molecule has 0 saturated heterocycles. The lowest BCUT2D eigenvalue weighted by atomic mass is 10.3. The highest BCUT2D eigenvalue weighted by molar-refractivity contribution is 7.99. The molecule has 10 heteroatoms. The average molecular weight is 453 g/mol. The van der Waals surface area contributed by atoms with E-state index in [9.17, 15) is 4.79 Å². The Labute approximate surface area is 187 Å². The number of hydrogen-bond donors (Lipinski definition) is 1. The van der Waals surface area contributed by atoms with E-state index in [1.54, 1.807) is 12.4 Å². The maximum absolute atomic E-state index is 12.5. The number of thiazole rings is 1. The van der Waals surface area contributed by atoms with E-state index >= 15 is 0 Å². The Morgan fingerprint density at radius 2 is 2.23 bits per heavy atom. The first-order chi connectivity index (χ1) is 15.2. The van der Waals surface area contributed by atoms with Crippen LogP contribution >= 0.6 is 23.1 Å². The van der Waals surface area contributed by atoms with E-state index in [0.717, 1.165) is 45.4 Å². The third-order valence-electron chi connectivity index (χ3n) is 4.75. The minimum atomic E-state index is -0.123. The highest BCUT2D eigenvalue weighted by Gasteiger charge is 2.30. The first-order valence-corrected chi connectivity index (χ1v) is 11.8. The Bertz CT molecular complexity index is 1220. The number of ether oxygens (including phenoxy) is 1. The molecule has 0 aliphatic heterocycles. The van der Waals surface area contributed by atoms with Crippen molar-refractivity contribution in [3.05, 3.63) is 42.7 Å². The van der Waals surface area contributed by atoms with E-state index in [-0.39, 0.29) is 11.7 Å². The molecule has 5 rings (SSSR count). The summed E-state index contributed by atoms with van der Waals surface area (Å²) in [7, 11) is 0. The standard InChI is InChI=1S/C21H20N6O2S2/c1-2-29-15-7-8-16-17(10-15)31-20(23-16)24-18(28)12-30-21-26-25-19(27(21)14-5-6-14)13-4-3-9-22-11-13/h3-4,7-11,14H,2,5-6,12H2,1H3,(H,23,24,28). The fraction of sp³-hybridized carbons (Fsp3) is 0.286.